The minimum atomic E-state index is -0.268. The zero-order valence-electron chi connectivity index (χ0n) is 16.2. The molecule has 4 rings (SSSR count). The van der Waals surface area contributed by atoms with Gasteiger partial charge in [0.05, 0.1) is 11.8 Å². The number of aromatic nitrogens is 1. The average Bonchev–Trinajstić information content (AvgIpc) is 3.25. The molecule has 2 aliphatic rings. The standard InChI is InChI=1S/C21H21Cl2N3O3S/c22-13-6-5-12(17(23)10-13)9-14-11-24-21(30-14)25-18(27)7-8-26-19(28)15-3-1-2-4-16(15)20(26)29/h5-6,10-11,15-16H,1-4,7-9H2,(H,24,25,27). The van der Waals surface area contributed by atoms with Crippen LogP contribution in [0.15, 0.2) is 24.4 Å². The van der Waals surface area contributed by atoms with Gasteiger partial charge in [-0.05, 0) is 30.5 Å². The number of anilines is 1. The third-order valence-corrected chi connectivity index (χ3v) is 7.17. The van der Waals surface area contributed by atoms with Gasteiger partial charge in [-0.2, -0.15) is 0 Å². The number of nitrogens with zero attached hydrogens (tertiary/aromatic N) is 2. The number of fused-ring (bicyclic) bond motifs is 1. The zero-order chi connectivity index (χ0) is 21.3. The molecule has 1 aromatic heterocycles. The summed E-state index contributed by atoms with van der Waals surface area (Å²) in [6.45, 7) is 0.120. The van der Waals surface area contributed by atoms with Crippen LogP contribution < -0.4 is 5.32 Å². The molecule has 1 saturated carbocycles. The molecule has 0 radical (unpaired) electrons. The van der Waals surface area contributed by atoms with Gasteiger partial charge in [-0.3, -0.25) is 19.3 Å². The fourth-order valence-electron chi connectivity index (χ4n) is 4.15. The fourth-order valence-corrected chi connectivity index (χ4v) is 5.47. The van der Waals surface area contributed by atoms with E-state index in [-0.39, 0.29) is 42.5 Å². The van der Waals surface area contributed by atoms with Gasteiger partial charge in [0.25, 0.3) is 0 Å². The summed E-state index contributed by atoms with van der Waals surface area (Å²) in [4.78, 5) is 43.8. The van der Waals surface area contributed by atoms with Crippen molar-refractivity contribution in [1.82, 2.24) is 9.88 Å². The van der Waals surface area contributed by atoms with Crippen molar-refractivity contribution in [3.63, 3.8) is 0 Å². The molecule has 6 nitrogen and oxygen atoms in total. The van der Waals surface area contributed by atoms with Gasteiger partial charge in [0.15, 0.2) is 5.13 Å². The van der Waals surface area contributed by atoms with Crippen LogP contribution >= 0.6 is 34.5 Å². The predicted molar refractivity (Wildman–Crippen MR) is 117 cm³/mol. The van der Waals surface area contributed by atoms with Crippen LogP contribution in [0.1, 0.15) is 42.5 Å². The second-order valence-electron chi connectivity index (χ2n) is 7.67. The molecule has 3 amide bonds. The number of carbonyl (C=O) groups excluding carboxylic acids is 3. The lowest BCUT2D eigenvalue weighted by Crippen LogP contribution is -2.34. The van der Waals surface area contributed by atoms with Crippen molar-refractivity contribution in [2.75, 3.05) is 11.9 Å². The van der Waals surface area contributed by atoms with E-state index in [1.54, 1.807) is 18.3 Å². The molecule has 0 bridgehead atoms. The molecule has 0 spiro atoms. The smallest absolute Gasteiger partial charge is 0.233 e. The van der Waals surface area contributed by atoms with Gasteiger partial charge in [0, 0.05) is 40.5 Å². The lowest BCUT2D eigenvalue weighted by Gasteiger charge is -2.19. The lowest BCUT2D eigenvalue weighted by molar-refractivity contribution is -0.140. The van der Waals surface area contributed by atoms with Crippen LogP contribution in [0.2, 0.25) is 10.0 Å². The number of imide groups is 1. The highest BCUT2D eigenvalue weighted by Gasteiger charge is 2.47. The lowest BCUT2D eigenvalue weighted by atomic mass is 9.81. The summed E-state index contributed by atoms with van der Waals surface area (Å²) < 4.78 is 0. The number of hydrogen-bond donors (Lipinski definition) is 1. The molecule has 1 aromatic carbocycles. The Morgan fingerprint density at radius 1 is 1.17 bits per heavy atom. The minimum absolute atomic E-state index is 0.0643. The van der Waals surface area contributed by atoms with E-state index in [1.165, 1.54) is 16.2 Å². The van der Waals surface area contributed by atoms with E-state index in [2.05, 4.69) is 10.3 Å². The average molecular weight is 466 g/mol. The molecule has 9 heteroatoms. The number of benzene rings is 1. The Bertz CT molecular complexity index is 970. The maximum atomic E-state index is 12.5. The van der Waals surface area contributed by atoms with Crippen LogP contribution in [-0.4, -0.2) is 34.2 Å². The van der Waals surface area contributed by atoms with E-state index in [9.17, 15) is 14.4 Å². The maximum absolute atomic E-state index is 12.5. The Balaban J connectivity index is 1.30. The van der Waals surface area contributed by atoms with Crippen molar-refractivity contribution < 1.29 is 14.4 Å². The summed E-state index contributed by atoms with van der Waals surface area (Å²) in [7, 11) is 0. The first-order valence-corrected chi connectivity index (χ1v) is 11.5. The Morgan fingerprint density at radius 3 is 2.53 bits per heavy atom. The highest BCUT2D eigenvalue weighted by Crippen LogP contribution is 2.38. The molecule has 2 fully saturated rings. The first-order chi connectivity index (χ1) is 14.4. The highest BCUT2D eigenvalue weighted by atomic mass is 35.5. The van der Waals surface area contributed by atoms with Crippen molar-refractivity contribution >= 4 is 57.4 Å². The monoisotopic (exact) mass is 465 g/mol. The number of likely N-dealkylation sites (tertiary alicyclic amines) is 1. The number of carbonyl (C=O) groups is 3. The number of hydrogen-bond acceptors (Lipinski definition) is 5. The van der Waals surface area contributed by atoms with Crippen LogP contribution in [0.3, 0.4) is 0 Å². The highest BCUT2D eigenvalue weighted by molar-refractivity contribution is 7.15. The second-order valence-corrected chi connectivity index (χ2v) is 9.63. The second kappa shape index (κ2) is 9.04. The summed E-state index contributed by atoms with van der Waals surface area (Å²) in [5.41, 5.74) is 0.926. The molecule has 1 N–H and O–H groups in total. The predicted octanol–water partition coefficient (Wildman–Crippen LogP) is 4.54. The van der Waals surface area contributed by atoms with Crippen LogP contribution in [0.25, 0.3) is 0 Å². The Hall–Kier alpha value is -1.96. The molecule has 2 heterocycles. The molecule has 1 saturated heterocycles. The van der Waals surface area contributed by atoms with Crippen molar-refractivity contribution in [1.29, 1.82) is 0 Å². The first-order valence-electron chi connectivity index (χ1n) is 9.96. The van der Waals surface area contributed by atoms with E-state index in [0.717, 1.165) is 36.1 Å². The van der Waals surface area contributed by atoms with Crippen molar-refractivity contribution in [3.8, 4) is 0 Å². The van der Waals surface area contributed by atoms with E-state index in [0.29, 0.717) is 21.6 Å². The molecule has 1 aliphatic carbocycles. The molecule has 158 valence electrons. The van der Waals surface area contributed by atoms with Crippen molar-refractivity contribution in [2.45, 2.75) is 38.5 Å². The van der Waals surface area contributed by atoms with E-state index in [4.69, 9.17) is 23.2 Å². The minimum Gasteiger partial charge on any atom is -0.302 e. The molecule has 30 heavy (non-hydrogen) atoms. The topological polar surface area (TPSA) is 79.4 Å². The third kappa shape index (κ3) is 4.53. The third-order valence-electron chi connectivity index (χ3n) is 5.67. The number of rotatable bonds is 6. The molecule has 2 aromatic rings. The van der Waals surface area contributed by atoms with Gasteiger partial charge in [-0.15, -0.1) is 11.3 Å². The summed E-state index contributed by atoms with van der Waals surface area (Å²) >= 11 is 13.5. The molecule has 2 atom stereocenters. The van der Waals surface area contributed by atoms with E-state index < -0.39 is 0 Å². The van der Waals surface area contributed by atoms with E-state index >= 15 is 0 Å². The fraction of sp³-hybridized carbons (Fsp3) is 0.429. The Kier molecular flexibility index (Phi) is 6.41. The van der Waals surface area contributed by atoms with Crippen LogP contribution in [0.4, 0.5) is 5.13 Å². The van der Waals surface area contributed by atoms with Gasteiger partial charge in [0.2, 0.25) is 17.7 Å². The van der Waals surface area contributed by atoms with Gasteiger partial charge >= 0.3 is 0 Å². The van der Waals surface area contributed by atoms with Gasteiger partial charge in [0.1, 0.15) is 0 Å². The summed E-state index contributed by atoms with van der Waals surface area (Å²) in [6, 6.07) is 5.34. The zero-order valence-corrected chi connectivity index (χ0v) is 18.5. The quantitative estimate of drug-likeness (QED) is 0.634. The first kappa shape index (κ1) is 21.3. The Labute approximate surface area is 188 Å². The van der Waals surface area contributed by atoms with Crippen LogP contribution in [-0.2, 0) is 20.8 Å². The number of amides is 3. The molecule has 2 unspecified atom stereocenters. The number of nitrogens with one attached hydrogen (secondary N) is 1. The largest absolute Gasteiger partial charge is 0.302 e. The number of halogens is 2. The van der Waals surface area contributed by atoms with Gasteiger partial charge < -0.3 is 5.32 Å². The number of thiazole rings is 1. The van der Waals surface area contributed by atoms with Crippen LogP contribution in [0.5, 0.6) is 0 Å². The summed E-state index contributed by atoms with van der Waals surface area (Å²) in [5, 5.41) is 4.40. The molecular weight excluding hydrogens is 445 g/mol. The SMILES string of the molecule is O=C(CCN1C(=O)C2CCCCC2C1=O)Nc1ncc(Cc2ccc(Cl)cc2Cl)s1. The summed E-state index contributed by atoms with van der Waals surface area (Å²) in [5.74, 6) is -0.871. The van der Waals surface area contributed by atoms with E-state index in [1.807, 2.05) is 6.07 Å². The normalized spacial score (nSPS) is 21.1. The summed E-state index contributed by atoms with van der Waals surface area (Å²) in [6.07, 6.45) is 5.88. The molecular formula is C21H21Cl2N3O3S. The van der Waals surface area contributed by atoms with Gasteiger partial charge in [-0.25, -0.2) is 4.98 Å². The maximum Gasteiger partial charge on any atom is 0.233 e. The Morgan fingerprint density at radius 2 is 1.87 bits per heavy atom. The van der Waals surface area contributed by atoms with Gasteiger partial charge in [-0.1, -0.05) is 42.1 Å². The van der Waals surface area contributed by atoms with Crippen molar-refractivity contribution in [2.24, 2.45) is 11.8 Å². The van der Waals surface area contributed by atoms with Crippen LogP contribution in [0, 0.1) is 11.8 Å². The van der Waals surface area contributed by atoms with Crippen molar-refractivity contribution in [3.05, 3.63) is 44.9 Å². The molecule has 1 aliphatic heterocycles.